The standard InChI is InChI=1S/C51H34N4S2/c1-3-14-31(15-4-1)49-52-50(32-16-5-2-6-17-32)54-51(53-49)33-28-29-44-40(30-33)46-36(20-13-27-45(46)56-44)37-21-11-22-38-39-23-12-26-43(48(39)57-47(37)38)55-41-24-9-7-18-34(41)35-19-8-10-25-42(35)55/h1-30,49,51,53H,(H,52,54). The van der Waals surface area contributed by atoms with Gasteiger partial charge in [-0.25, -0.2) is 4.99 Å². The molecule has 57 heavy (non-hydrogen) atoms. The van der Waals surface area contributed by atoms with Crippen LogP contribution in [0.2, 0.25) is 0 Å². The van der Waals surface area contributed by atoms with Crippen LogP contribution in [0.1, 0.15) is 29.0 Å². The molecule has 11 aromatic rings. The highest BCUT2D eigenvalue weighted by Crippen LogP contribution is 2.47. The summed E-state index contributed by atoms with van der Waals surface area (Å²) in [4.78, 5) is 5.28. The van der Waals surface area contributed by atoms with E-state index >= 15 is 0 Å². The summed E-state index contributed by atoms with van der Waals surface area (Å²) in [6.45, 7) is 0. The second kappa shape index (κ2) is 13.0. The topological polar surface area (TPSA) is 41.4 Å². The number of thiophene rings is 2. The average molecular weight is 767 g/mol. The van der Waals surface area contributed by atoms with Crippen LogP contribution in [-0.2, 0) is 0 Å². The summed E-state index contributed by atoms with van der Waals surface area (Å²) in [5.74, 6) is 0.890. The molecular weight excluding hydrogens is 733 g/mol. The van der Waals surface area contributed by atoms with Gasteiger partial charge in [0.2, 0.25) is 0 Å². The summed E-state index contributed by atoms with van der Waals surface area (Å²) in [5, 5.41) is 15.2. The quantitative estimate of drug-likeness (QED) is 0.183. The van der Waals surface area contributed by atoms with Crippen LogP contribution >= 0.6 is 22.7 Å². The Balaban J connectivity index is 1.03. The van der Waals surface area contributed by atoms with Gasteiger partial charge in [-0.1, -0.05) is 146 Å². The predicted molar refractivity (Wildman–Crippen MR) is 243 cm³/mol. The molecule has 0 amide bonds. The number of amidine groups is 1. The highest BCUT2D eigenvalue weighted by atomic mass is 32.1. The normalized spacial score (nSPS) is 15.9. The molecule has 1 aliphatic heterocycles. The summed E-state index contributed by atoms with van der Waals surface area (Å²) in [7, 11) is 0. The summed E-state index contributed by atoms with van der Waals surface area (Å²) in [5.41, 5.74) is 9.61. The van der Waals surface area contributed by atoms with E-state index in [1.807, 2.05) is 22.7 Å². The second-order valence-electron chi connectivity index (χ2n) is 14.7. The molecule has 2 atom stereocenters. The van der Waals surface area contributed by atoms with Crippen molar-refractivity contribution in [3.05, 3.63) is 199 Å². The molecule has 270 valence electrons. The number of fused-ring (bicyclic) bond motifs is 9. The molecule has 8 aromatic carbocycles. The molecule has 0 fully saturated rings. The average Bonchev–Trinajstić information content (AvgIpc) is 3.96. The van der Waals surface area contributed by atoms with Crippen LogP contribution < -0.4 is 10.6 Å². The fraction of sp³-hybridized carbons (Fsp3) is 0.0392. The van der Waals surface area contributed by atoms with E-state index in [0.29, 0.717) is 0 Å². The number of aromatic nitrogens is 1. The minimum Gasteiger partial charge on any atom is -0.350 e. The molecule has 0 spiro atoms. The van der Waals surface area contributed by atoms with Crippen LogP contribution in [0, 0.1) is 0 Å². The fourth-order valence-corrected chi connectivity index (χ4v) is 11.3. The minimum absolute atomic E-state index is 0.0904. The van der Waals surface area contributed by atoms with Gasteiger partial charge in [-0.05, 0) is 53.1 Å². The van der Waals surface area contributed by atoms with E-state index in [1.54, 1.807) is 0 Å². The number of nitrogens with zero attached hydrogens (tertiary/aromatic N) is 2. The van der Waals surface area contributed by atoms with Crippen LogP contribution in [0.3, 0.4) is 0 Å². The Morgan fingerprint density at radius 2 is 1.12 bits per heavy atom. The molecule has 0 saturated heterocycles. The Morgan fingerprint density at radius 1 is 0.474 bits per heavy atom. The highest BCUT2D eigenvalue weighted by Gasteiger charge is 2.26. The third-order valence-corrected chi connectivity index (χ3v) is 13.9. The summed E-state index contributed by atoms with van der Waals surface area (Å²) in [6.07, 6.45) is -0.323. The van der Waals surface area contributed by atoms with Crippen molar-refractivity contribution in [1.82, 2.24) is 15.2 Å². The van der Waals surface area contributed by atoms with Gasteiger partial charge >= 0.3 is 0 Å². The lowest BCUT2D eigenvalue weighted by atomic mass is 9.97. The van der Waals surface area contributed by atoms with Gasteiger partial charge in [0, 0.05) is 57.5 Å². The number of hydrogen-bond acceptors (Lipinski definition) is 5. The monoisotopic (exact) mass is 766 g/mol. The molecule has 6 heteroatoms. The molecule has 12 rings (SSSR count). The summed E-state index contributed by atoms with van der Waals surface area (Å²) in [6, 6.07) is 65.9. The Hall–Kier alpha value is -6.57. The van der Waals surface area contributed by atoms with Crippen molar-refractivity contribution in [2.75, 3.05) is 0 Å². The van der Waals surface area contributed by atoms with Crippen LogP contribution in [0.5, 0.6) is 0 Å². The first-order valence-electron chi connectivity index (χ1n) is 19.4. The molecule has 0 saturated carbocycles. The van der Waals surface area contributed by atoms with Crippen molar-refractivity contribution < 1.29 is 0 Å². The Bertz CT molecular complexity index is 3320. The lowest BCUT2D eigenvalue weighted by Crippen LogP contribution is -2.44. The molecule has 0 bridgehead atoms. The lowest BCUT2D eigenvalue weighted by molar-refractivity contribution is 0.409. The lowest BCUT2D eigenvalue weighted by Gasteiger charge is -2.32. The van der Waals surface area contributed by atoms with Crippen LogP contribution in [0.25, 0.3) is 79.0 Å². The molecule has 3 aromatic heterocycles. The van der Waals surface area contributed by atoms with Gasteiger partial charge in [0.15, 0.2) is 0 Å². The van der Waals surface area contributed by atoms with Gasteiger partial charge in [0.1, 0.15) is 18.2 Å². The van der Waals surface area contributed by atoms with Crippen LogP contribution in [0.4, 0.5) is 0 Å². The summed E-state index contributed by atoms with van der Waals surface area (Å²) >= 11 is 3.78. The molecule has 4 heterocycles. The molecule has 1 aliphatic rings. The first kappa shape index (κ1) is 32.7. The van der Waals surface area contributed by atoms with Crippen molar-refractivity contribution in [2.45, 2.75) is 12.3 Å². The highest BCUT2D eigenvalue weighted by molar-refractivity contribution is 7.27. The van der Waals surface area contributed by atoms with E-state index in [1.165, 1.54) is 84.5 Å². The number of aliphatic imine (C=N–C) groups is 1. The van der Waals surface area contributed by atoms with E-state index < -0.39 is 0 Å². The number of rotatable bonds is 5. The number of benzene rings is 8. The van der Waals surface area contributed by atoms with Gasteiger partial charge < -0.3 is 9.88 Å². The Morgan fingerprint density at radius 3 is 1.91 bits per heavy atom. The molecular formula is C51H34N4S2. The van der Waals surface area contributed by atoms with Crippen molar-refractivity contribution in [3.63, 3.8) is 0 Å². The molecule has 4 nitrogen and oxygen atoms in total. The SMILES string of the molecule is c1ccc(C2=NC(c3ccc4sc5cccc(-c6cccc7c6sc6c(-n8c9ccccc9c9ccccc98)cccc67)c5c4c3)NC(c3ccccc3)N2)cc1. The van der Waals surface area contributed by atoms with Crippen molar-refractivity contribution >= 4 is 90.7 Å². The molecule has 0 radical (unpaired) electrons. The summed E-state index contributed by atoms with van der Waals surface area (Å²) < 4.78 is 7.64. The maximum absolute atomic E-state index is 5.28. The number of nitrogens with one attached hydrogen (secondary N) is 2. The number of para-hydroxylation sites is 2. The smallest absolute Gasteiger partial charge is 0.131 e. The van der Waals surface area contributed by atoms with Gasteiger partial charge in [-0.3, -0.25) is 5.32 Å². The molecule has 0 aliphatic carbocycles. The fourth-order valence-electron chi connectivity index (χ4n) is 8.90. The van der Waals surface area contributed by atoms with Crippen LogP contribution in [0.15, 0.2) is 187 Å². The van der Waals surface area contributed by atoms with E-state index in [2.05, 4.69) is 197 Å². The van der Waals surface area contributed by atoms with Crippen molar-refractivity contribution in [3.8, 4) is 16.8 Å². The molecule has 2 unspecified atom stereocenters. The van der Waals surface area contributed by atoms with Gasteiger partial charge in [0.05, 0.1) is 21.4 Å². The van der Waals surface area contributed by atoms with E-state index in [4.69, 9.17) is 4.99 Å². The predicted octanol–water partition coefficient (Wildman–Crippen LogP) is 13.5. The van der Waals surface area contributed by atoms with E-state index in [0.717, 1.165) is 17.0 Å². The third-order valence-electron chi connectivity index (χ3n) is 11.5. The van der Waals surface area contributed by atoms with Gasteiger partial charge in [-0.15, -0.1) is 22.7 Å². The van der Waals surface area contributed by atoms with Gasteiger partial charge in [0.25, 0.3) is 0 Å². The van der Waals surface area contributed by atoms with E-state index in [9.17, 15) is 0 Å². The van der Waals surface area contributed by atoms with E-state index in [-0.39, 0.29) is 12.3 Å². The minimum atomic E-state index is -0.233. The maximum atomic E-state index is 5.28. The zero-order valence-corrected chi connectivity index (χ0v) is 32.3. The largest absolute Gasteiger partial charge is 0.350 e. The van der Waals surface area contributed by atoms with Crippen molar-refractivity contribution in [2.24, 2.45) is 4.99 Å². The zero-order chi connectivity index (χ0) is 37.5. The zero-order valence-electron chi connectivity index (χ0n) is 30.7. The first-order chi connectivity index (χ1) is 28.3. The number of hydrogen-bond donors (Lipinski definition) is 2. The Kier molecular flexibility index (Phi) is 7.45. The second-order valence-corrected chi connectivity index (χ2v) is 16.8. The van der Waals surface area contributed by atoms with Crippen LogP contribution in [-0.4, -0.2) is 10.4 Å². The first-order valence-corrected chi connectivity index (χ1v) is 21.0. The Labute approximate surface area is 337 Å². The maximum Gasteiger partial charge on any atom is 0.131 e. The molecule has 2 N–H and O–H groups in total. The van der Waals surface area contributed by atoms with Gasteiger partial charge in [-0.2, -0.15) is 0 Å². The van der Waals surface area contributed by atoms with Crippen molar-refractivity contribution in [1.29, 1.82) is 0 Å². The third kappa shape index (κ3) is 5.19.